The molecule has 0 saturated heterocycles. The maximum atomic E-state index is 8.60. The molecule has 0 radical (unpaired) electrons. The average Bonchev–Trinajstić information content (AvgIpc) is 2.29. The summed E-state index contributed by atoms with van der Waals surface area (Å²) < 4.78 is 5.32. The van der Waals surface area contributed by atoms with Crippen LogP contribution in [0.5, 0.6) is 5.88 Å². The number of hydrogen-bond acceptors (Lipinski definition) is 6. The van der Waals surface area contributed by atoms with Crippen LogP contribution in [0.3, 0.4) is 0 Å². The molecule has 0 amide bonds. The summed E-state index contributed by atoms with van der Waals surface area (Å²) in [5, 5.41) is 8.60. The Morgan fingerprint density at radius 2 is 2.33 bits per heavy atom. The lowest BCUT2D eigenvalue weighted by Crippen LogP contribution is -2.11. The van der Waals surface area contributed by atoms with Gasteiger partial charge in [-0.2, -0.15) is 4.98 Å². The number of rotatable bonds is 6. The van der Waals surface area contributed by atoms with E-state index in [0.29, 0.717) is 37.0 Å². The molecule has 0 aromatic carbocycles. The molecule has 4 N–H and O–H groups in total. The first-order valence-electron chi connectivity index (χ1n) is 4.88. The first-order chi connectivity index (χ1) is 7.30. The molecule has 1 rings (SSSR count). The highest BCUT2D eigenvalue weighted by Crippen LogP contribution is 2.13. The highest BCUT2D eigenvalue weighted by molar-refractivity contribution is 5.36. The third-order valence-corrected chi connectivity index (χ3v) is 1.77. The Bertz CT molecular complexity index is 284. The second-order valence-corrected chi connectivity index (χ2v) is 2.93. The maximum absolute atomic E-state index is 8.60. The van der Waals surface area contributed by atoms with Gasteiger partial charge in [0.2, 0.25) is 5.88 Å². The molecule has 84 valence electrons. The summed E-state index contributed by atoms with van der Waals surface area (Å²) >= 11 is 0. The van der Waals surface area contributed by atoms with Crippen molar-refractivity contribution < 1.29 is 9.84 Å². The van der Waals surface area contributed by atoms with Crippen molar-refractivity contribution in [2.45, 2.75) is 19.8 Å². The van der Waals surface area contributed by atoms with Gasteiger partial charge in [-0.1, -0.05) is 6.92 Å². The predicted octanol–water partition coefficient (Wildman–Crippen LogP) is 0.0858. The lowest BCUT2D eigenvalue weighted by molar-refractivity contribution is 0.229. The van der Waals surface area contributed by atoms with E-state index >= 15 is 0 Å². The molecular formula is C9H16N4O2. The molecule has 0 unspecified atom stereocenters. The van der Waals surface area contributed by atoms with E-state index in [1.54, 1.807) is 6.07 Å². The molecule has 1 aromatic rings. The smallest absolute Gasteiger partial charge is 0.218 e. The fourth-order valence-corrected chi connectivity index (χ4v) is 1.02. The molecule has 1 aromatic heterocycles. The van der Waals surface area contributed by atoms with E-state index < -0.39 is 0 Å². The number of aliphatic hydroxyl groups excluding tert-OH is 1. The molecular weight excluding hydrogens is 196 g/mol. The minimum atomic E-state index is 0.105. The van der Waals surface area contributed by atoms with Crippen LogP contribution in [0, 0.1) is 0 Å². The second-order valence-electron chi connectivity index (χ2n) is 2.93. The fraction of sp³-hybridized carbons (Fsp3) is 0.556. The van der Waals surface area contributed by atoms with Crippen LogP contribution in [0.25, 0.3) is 0 Å². The third kappa shape index (κ3) is 3.69. The first-order valence-corrected chi connectivity index (χ1v) is 4.88. The third-order valence-electron chi connectivity index (χ3n) is 1.77. The van der Waals surface area contributed by atoms with E-state index in [1.165, 1.54) is 0 Å². The van der Waals surface area contributed by atoms with Gasteiger partial charge in [0.1, 0.15) is 11.6 Å². The number of hydrogen-bond donors (Lipinski definition) is 3. The maximum Gasteiger partial charge on any atom is 0.218 e. The van der Waals surface area contributed by atoms with Gasteiger partial charge in [0.05, 0.1) is 6.61 Å². The standard InChI is InChI=1S/C9H16N4O2/c1-2-7-11-8(13-10)6-9(12-7)15-5-3-4-14/h6,14H,2-5,10H2,1H3,(H,11,12,13). The largest absolute Gasteiger partial charge is 0.477 e. The zero-order chi connectivity index (χ0) is 11.1. The SMILES string of the molecule is CCc1nc(NN)cc(OCCCO)n1. The molecule has 6 heteroatoms. The number of aromatic nitrogens is 2. The lowest BCUT2D eigenvalue weighted by Gasteiger charge is -2.07. The molecule has 0 aliphatic heterocycles. The van der Waals surface area contributed by atoms with Gasteiger partial charge in [0.15, 0.2) is 0 Å². The van der Waals surface area contributed by atoms with Crippen molar-refractivity contribution in [3.63, 3.8) is 0 Å². The Hall–Kier alpha value is -1.40. The zero-order valence-corrected chi connectivity index (χ0v) is 8.73. The van der Waals surface area contributed by atoms with Crippen molar-refractivity contribution in [3.8, 4) is 5.88 Å². The summed E-state index contributed by atoms with van der Waals surface area (Å²) in [6, 6.07) is 1.62. The number of aliphatic hydroxyl groups is 1. The molecule has 0 saturated carbocycles. The molecule has 0 aliphatic rings. The topological polar surface area (TPSA) is 93.3 Å². The van der Waals surface area contributed by atoms with Gasteiger partial charge in [0.25, 0.3) is 0 Å². The normalized spacial score (nSPS) is 10.1. The van der Waals surface area contributed by atoms with Gasteiger partial charge in [-0.25, -0.2) is 10.8 Å². The fourth-order valence-electron chi connectivity index (χ4n) is 1.02. The molecule has 0 spiro atoms. The minimum Gasteiger partial charge on any atom is -0.477 e. The van der Waals surface area contributed by atoms with E-state index in [-0.39, 0.29) is 6.61 Å². The van der Waals surface area contributed by atoms with Gasteiger partial charge in [0, 0.05) is 25.5 Å². The van der Waals surface area contributed by atoms with Gasteiger partial charge in [-0.3, -0.25) is 0 Å². The van der Waals surface area contributed by atoms with E-state index in [9.17, 15) is 0 Å². The number of nitrogens with zero attached hydrogens (tertiary/aromatic N) is 2. The van der Waals surface area contributed by atoms with Crippen molar-refractivity contribution in [1.82, 2.24) is 9.97 Å². The van der Waals surface area contributed by atoms with Crippen LogP contribution < -0.4 is 16.0 Å². The Morgan fingerprint density at radius 3 is 2.93 bits per heavy atom. The van der Waals surface area contributed by atoms with E-state index in [0.717, 1.165) is 0 Å². The number of anilines is 1. The van der Waals surface area contributed by atoms with Crippen LogP contribution in [0.4, 0.5) is 5.82 Å². The molecule has 0 bridgehead atoms. The number of hydrazine groups is 1. The summed E-state index contributed by atoms with van der Waals surface area (Å²) in [6.45, 7) is 2.49. The van der Waals surface area contributed by atoms with Gasteiger partial charge in [-0.15, -0.1) is 0 Å². The van der Waals surface area contributed by atoms with Gasteiger partial charge >= 0.3 is 0 Å². The monoisotopic (exact) mass is 212 g/mol. The lowest BCUT2D eigenvalue weighted by atomic mass is 10.4. The molecule has 6 nitrogen and oxygen atoms in total. The van der Waals surface area contributed by atoms with Crippen molar-refractivity contribution in [2.75, 3.05) is 18.6 Å². The minimum absolute atomic E-state index is 0.105. The molecule has 0 atom stereocenters. The van der Waals surface area contributed by atoms with Crippen LogP contribution in [-0.2, 0) is 6.42 Å². The average molecular weight is 212 g/mol. The summed E-state index contributed by atoms with van der Waals surface area (Å²) in [7, 11) is 0. The summed E-state index contributed by atoms with van der Waals surface area (Å²) in [4.78, 5) is 8.28. The summed E-state index contributed by atoms with van der Waals surface area (Å²) in [6.07, 6.45) is 1.29. The predicted molar refractivity (Wildman–Crippen MR) is 56.4 cm³/mol. The molecule has 0 fully saturated rings. The number of nitrogens with one attached hydrogen (secondary N) is 1. The second kappa shape index (κ2) is 6.15. The van der Waals surface area contributed by atoms with Crippen LogP contribution in [-0.4, -0.2) is 28.3 Å². The summed E-state index contributed by atoms with van der Waals surface area (Å²) in [5.41, 5.74) is 2.45. The van der Waals surface area contributed by atoms with Crippen molar-refractivity contribution in [3.05, 3.63) is 11.9 Å². The number of nitrogen functional groups attached to an aromatic ring is 1. The van der Waals surface area contributed by atoms with Crippen LogP contribution in [0.1, 0.15) is 19.2 Å². The Labute approximate surface area is 88.5 Å². The number of ether oxygens (including phenoxy) is 1. The zero-order valence-electron chi connectivity index (χ0n) is 8.73. The highest BCUT2D eigenvalue weighted by atomic mass is 16.5. The molecule has 0 aliphatic carbocycles. The number of aryl methyl sites for hydroxylation is 1. The quantitative estimate of drug-likeness (QED) is 0.351. The van der Waals surface area contributed by atoms with Crippen LogP contribution in [0.15, 0.2) is 6.07 Å². The Morgan fingerprint density at radius 1 is 1.53 bits per heavy atom. The molecule has 15 heavy (non-hydrogen) atoms. The van der Waals surface area contributed by atoms with Gasteiger partial charge < -0.3 is 15.3 Å². The Balaban J connectivity index is 2.68. The van der Waals surface area contributed by atoms with Crippen molar-refractivity contribution in [1.29, 1.82) is 0 Å². The summed E-state index contributed by atoms with van der Waals surface area (Å²) in [5.74, 6) is 6.94. The number of nitrogens with two attached hydrogens (primary N) is 1. The van der Waals surface area contributed by atoms with Gasteiger partial charge in [-0.05, 0) is 0 Å². The Kier molecular flexibility index (Phi) is 4.79. The van der Waals surface area contributed by atoms with Crippen molar-refractivity contribution >= 4 is 5.82 Å². The van der Waals surface area contributed by atoms with Crippen molar-refractivity contribution in [2.24, 2.45) is 5.84 Å². The van der Waals surface area contributed by atoms with E-state index in [1.807, 2.05) is 6.92 Å². The van der Waals surface area contributed by atoms with E-state index in [4.69, 9.17) is 15.7 Å². The molecule has 1 heterocycles. The van der Waals surface area contributed by atoms with Crippen LogP contribution >= 0.6 is 0 Å². The van der Waals surface area contributed by atoms with Crippen LogP contribution in [0.2, 0.25) is 0 Å². The highest BCUT2D eigenvalue weighted by Gasteiger charge is 2.03. The first kappa shape index (κ1) is 11.7. The van der Waals surface area contributed by atoms with E-state index in [2.05, 4.69) is 15.4 Å².